The van der Waals surface area contributed by atoms with Crippen LogP contribution in [-0.2, 0) is 0 Å². The number of hydrogen-bond acceptors (Lipinski definition) is 2. The summed E-state index contributed by atoms with van der Waals surface area (Å²) in [5, 5.41) is 0.943. The fourth-order valence-electron chi connectivity index (χ4n) is 1.86. The molecule has 0 unspecified atom stereocenters. The predicted molar refractivity (Wildman–Crippen MR) is 63.6 cm³/mol. The van der Waals surface area contributed by atoms with Gasteiger partial charge in [0.05, 0.1) is 0 Å². The highest BCUT2D eigenvalue weighted by Gasteiger charge is 2.29. The van der Waals surface area contributed by atoms with Gasteiger partial charge in [0.25, 0.3) is 0 Å². The van der Waals surface area contributed by atoms with Crippen LogP contribution >= 0.6 is 10.2 Å². The molecule has 1 saturated heterocycles. The molecule has 3 heteroatoms. The minimum absolute atomic E-state index is 0.517. The molecule has 1 fully saturated rings. The van der Waals surface area contributed by atoms with Crippen molar-refractivity contribution in [2.45, 2.75) is 18.1 Å². The third-order valence-electron chi connectivity index (χ3n) is 3.42. The lowest BCUT2D eigenvalue weighted by molar-refractivity contribution is 0.279. The van der Waals surface area contributed by atoms with E-state index in [2.05, 4.69) is 42.9 Å². The second kappa shape index (κ2) is 4.20. The Balaban J connectivity index is 2.52. The second-order valence-electron chi connectivity index (χ2n) is 4.67. The summed E-state index contributed by atoms with van der Waals surface area (Å²) in [5.41, 5.74) is 0. The van der Waals surface area contributed by atoms with Gasteiger partial charge in [0, 0.05) is 5.25 Å². The molecule has 0 radical (unpaired) electrons. The summed E-state index contributed by atoms with van der Waals surface area (Å²) in [6.45, 7) is 2.57. The molecule has 0 bridgehead atoms. The van der Waals surface area contributed by atoms with Gasteiger partial charge in [-0.3, -0.25) is 4.31 Å². The average Bonchev–Trinajstić information content (AvgIpc) is 2.04. The zero-order valence-corrected chi connectivity index (χ0v) is 10.5. The Hall–Kier alpha value is 0.270. The molecule has 0 N–H and O–H groups in total. The Kier molecular flexibility index (Phi) is 3.66. The van der Waals surface area contributed by atoms with E-state index in [9.17, 15) is 0 Å². The second-order valence-corrected chi connectivity index (χ2v) is 8.76. The highest BCUT2D eigenvalue weighted by molar-refractivity contribution is 8.31. The number of likely N-dealkylation sites (tertiary alicyclic amines) is 1. The van der Waals surface area contributed by atoms with Crippen molar-refractivity contribution >= 4 is 10.2 Å². The van der Waals surface area contributed by atoms with Crippen molar-refractivity contribution in [3.63, 3.8) is 0 Å². The van der Waals surface area contributed by atoms with Crippen molar-refractivity contribution in [2.24, 2.45) is 0 Å². The van der Waals surface area contributed by atoms with Crippen LogP contribution in [0.2, 0.25) is 0 Å². The number of piperidine rings is 1. The maximum Gasteiger partial charge on any atom is 0.00260 e. The summed E-state index contributed by atoms with van der Waals surface area (Å²) >= 11 is 0. The minimum atomic E-state index is -0.517. The van der Waals surface area contributed by atoms with Gasteiger partial charge in [-0.15, -0.1) is 0 Å². The summed E-state index contributed by atoms with van der Waals surface area (Å²) in [6, 6.07) is 0. The molecule has 1 aliphatic rings. The Labute approximate surface area is 84.7 Å². The highest BCUT2D eigenvalue weighted by Crippen LogP contribution is 2.50. The van der Waals surface area contributed by atoms with Crippen molar-refractivity contribution < 1.29 is 0 Å². The monoisotopic (exact) mass is 204 g/mol. The fraction of sp³-hybridized carbons (Fsp3) is 1.00. The lowest BCUT2D eigenvalue weighted by atomic mass is 10.1. The van der Waals surface area contributed by atoms with Crippen molar-refractivity contribution in [3.05, 3.63) is 0 Å². The molecule has 0 amide bonds. The zero-order valence-electron chi connectivity index (χ0n) is 9.71. The maximum atomic E-state index is 2.45. The SMILES string of the molecule is CN1CCC(S(C)(C)N(C)C)CC1. The van der Waals surface area contributed by atoms with Crippen LogP contribution < -0.4 is 0 Å². The van der Waals surface area contributed by atoms with Gasteiger partial charge >= 0.3 is 0 Å². The van der Waals surface area contributed by atoms with E-state index in [1.165, 1.54) is 25.9 Å². The summed E-state index contributed by atoms with van der Waals surface area (Å²) in [6.07, 6.45) is 7.67. The third kappa shape index (κ3) is 2.61. The number of rotatable bonds is 2. The maximum absolute atomic E-state index is 2.45. The van der Waals surface area contributed by atoms with Gasteiger partial charge in [0.1, 0.15) is 0 Å². The summed E-state index contributed by atoms with van der Waals surface area (Å²) in [7, 11) is 6.17. The van der Waals surface area contributed by atoms with Crippen molar-refractivity contribution in [2.75, 3.05) is 46.7 Å². The summed E-state index contributed by atoms with van der Waals surface area (Å²) < 4.78 is 2.45. The van der Waals surface area contributed by atoms with Crippen LogP contribution in [0.15, 0.2) is 0 Å². The van der Waals surface area contributed by atoms with E-state index in [4.69, 9.17) is 0 Å². The van der Waals surface area contributed by atoms with Crippen molar-refractivity contribution in [1.82, 2.24) is 9.21 Å². The van der Waals surface area contributed by atoms with E-state index in [0.717, 1.165) is 5.25 Å². The van der Waals surface area contributed by atoms with Gasteiger partial charge in [0.15, 0.2) is 0 Å². The van der Waals surface area contributed by atoms with Gasteiger partial charge in [-0.05, 0) is 59.6 Å². The van der Waals surface area contributed by atoms with E-state index in [1.807, 2.05) is 0 Å². The van der Waals surface area contributed by atoms with E-state index in [1.54, 1.807) is 0 Å². The molecule has 0 aromatic heterocycles. The lowest BCUT2D eigenvalue weighted by Gasteiger charge is -2.48. The first-order chi connectivity index (χ1) is 5.94. The Morgan fingerprint density at radius 1 is 1.15 bits per heavy atom. The third-order valence-corrected chi connectivity index (χ3v) is 7.41. The van der Waals surface area contributed by atoms with Gasteiger partial charge in [0.2, 0.25) is 0 Å². The van der Waals surface area contributed by atoms with Crippen LogP contribution in [0.4, 0.5) is 0 Å². The van der Waals surface area contributed by atoms with E-state index < -0.39 is 10.2 Å². The summed E-state index contributed by atoms with van der Waals surface area (Å²) in [4.78, 5) is 2.45. The Morgan fingerprint density at radius 3 is 2.00 bits per heavy atom. The van der Waals surface area contributed by atoms with Crippen LogP contribution in [0.1, 0.15) is 12.8 Å². The van der Waals surface area contributed by atoms with Gasteiger partial charge < -0.3 is 4.90 Å². The molecule has 0 spiro atoms. The highest BCUT2D eigenvalue weighted by atomic mass is 32.3. The van der Waals surface area contributed by atoms with Crippen LogP contribution in [0.3, 0.4) is 0 Å². The normalized spacial score (nSPS) is 23.8. The molecule has 1 heterocycles. The van der Waals surface area contributed by atoms with Gasteiger partial charge in [-0.1, -0.05) is 0 Å². The van der Waals surface area contributed by atoms with Crippen molar-refractivity contribution in [1.29, 1.82) is 0 Å². The first kappa shape index (κ1) is 11.3. The molecule has 13 heavy (non-hydrogen) atoms. The molecule has 0 saturated carbocycles. The molecule has 0 aromatic rings. The fourth-order valence-corrected chi connectivity index (χ4v) is 3.82. The molecular formula is C10H24N2S. The number of hydrogen-bond donors (Lipinski definition) is 0. The first-order valence-corrected chi connectivity index (χ1v) is 7.49. The molecule has 80 valence electrons. The van der Waals surface area contributed by atoms with Gasteiger partial charge in [-0.25, -0.2) is 0 Å². The largest absolute Gasteiger partial charge is 0.306 e. The van der Waals surface area contributed by atoms with Crippen LogP contribution in [0.25, 0.3) is 0 Å². The topological polar surface area (TPSA) is 6.48 Å². The molecular weight excluding hydrogens is 180 g/mol. The van der Waals surface area contributed by atoms with Crippen LogP contribution in [0.5, 0.6) is 0 Å². The minimum Gasteiger partial charge on any atom is -0.306 e. The molecule has 2 nitrogen and oxygen atoms in total. The van der Waals surface area contributed by atoms with Crippen LogP contribution in [0, 0.1) is 0 Å². The van der Waals surface area contributed by atoms with Gasteiger partial charge in [-0.2, -0.15) is 10.2 Å². The quantitative estimate of drug-likeness (QED) is 0.674. The average molecular weight is 204 g/mol. The smallest absolute Gasteiger partial charge is 0.00260 e. The Bertz CT molecular complexity index is 160. The molecule has 0 aromatic carbocycles. The zero-order chi connectivity index (χ0) is 10.1. The van der Waals surface area contributed by atoms with E-state index >= 15 is 0 Å². The first-order valence-electron chi connectivity index (χ1n) is 5.03. The lowest BCUT2D eigenvalue weighted by Crippen LogP contribution is -2.38. The molecule has 0 aliphatic carbocycles. The number of nitrogens with zero attached hydrogens (tertiary/aromatic N) is 2. The molecule has 0 atom stereocenters. The van der Waals surface area contributed by atoms with E-state index in [-0.39, 0.29) is 0 Å². The standard InChI is InChI=1S/C10H24N2S/c1-11(2)13(4,5)10-6-8-12(3)9-7-10/h10H,6-9H2,1-5H3. The van der Waals surface area contributed by atoms with E-state index in [0.29, 0.717) is 0 Å². The summed E-state index contributed by atoms with van der Waals surface area (Å²) in [5.74, 6) is 0. The molecule has 1 rings (SSSR count). The van der Waals surface area contributed by atoms with Crippen LogP contribution in [-0.4, -0.2) is 61.2 Å². The molecule has 1 aliphatic heterocycles. The predicted octanol–water partition coefficient (Wildman–Crippen LogP) is 1.62. The van der Waals surface area contributed by atoms with Crippen molar-refractivity contribution in [3.8, 4) is 0 Å². The Morgan fingerprint density at radius 2 is 1.62 bits per heavy atom.